The van der Waals surface area contributed by atoms with Crippen molar-refractivity contribution in [1.82, 2.24) is 0 Å². The third-order valence-electron chi connectivity index (χ3n) is 3.10. The summed E-state index contributed by atoms with van der Waals surface area (Å²) in [7, 11) is 3.19. The van der Waals surface area contributed by atoms with E-state index < -0.39 is 11.9 Å². The average Bonchev–Trinajstić information content (AvgIpc) is 2.33. The summed E-state index contributed by atoms with van der Waals surface area (Å²) in [6.07, 6.45) is 0.329. The first-order valence-electron chi connectivity index (χ1n) is 5.68. The molecule has 0 heterocycles. The van der Waals surface area contributed by atoms with Crippen LogP contribution in [0.4, 0.5) is 0 Å². The second-order valence-corrected chi connectivity index (χ2v) is 4.23. The number of rotatable bonds is 5. The minimum atomic E-state index is -0.731. The first-order chi connectivity index (χ1) is 8.42. The molecule has 0 aliphatic carbocycles. The van der Waals surface area contributed by atoms with Gasteiger partial charge in [-0.05, 0) is 31.0 Å². The van der Waals surface area contributed by atoms with Crippen molar-refractivity contribution < 1.29 is 14.3 Å². The summed E-state index contributed by atoms with van der Waals surface area (Å²) in [6.45, 7) is 3.89. The van der Waals surface area contributed by atoms with Gasteiger partial charge in [0.25, 0.3) is 0 Å². The monoisotopic (exact) mass is 252 g/mol. The molecule has 1 aromatic carbocycles. The summed E-state index contributed by atoms with van der Waals surface area (Å²) in [4.78, 5) is 11.0. The lowest BCUT2D eigenvalue weighted by Crippen LogP contribution is -2.38. The van der Waals surface area contributed by atoms with E-state index in [1.54, 1.807) is 14.2 Å². The summed E-state index contributed by atoms with van der Waals surface area (Å²) < 4.78 is 10.7. The predicted octanol–water partition coefficient (Wildman–Crippen LogP) is 0.676. The highest BCUT2D eigenvalue weighted by molar-refractivity contribution is 5.80. The summed E-state index contributed by atoms with van der Waals surface area (Å²) in [5, 5.41) is 0. The van der Waals surface area contributed by atoms with Gasteiger partial charge in [-0.3, -0.25) is 4.79 Å². The van der Waals surface area contributed by atoms with Crippen molar-refractivity contribution in [3.63, 3.8) is 0 Å². The van der Waals surface area contributed by atoms with Gasteiger partial charge in [-0.15, -0.1) is 0 Å². The van der Waals surface area contributed by atoms with Gasteiger partial charge in [0.05, 0.1) is 20.3 Å². The highest BCUT2D eigenvalue weighted by Crippen LogP contribution is 2.33. The van der Waals surface area contributed by atoms with Gasteiger partial charge in [0.1, 0.15) is 11.5 Å². The molecule has 0 aliphatic heterocycles. The maximum atomic E-state index is 11.0. The number of hydrogen-bond donors (Lipinski definition) is 2. The van der Waals surface area contributed by atoms with Crippen molar-refractivity contribution in [2.24, 2.45) is 11.5 Å². The highest BCUT2D eigenvalue weighted by Gasteiger charge is 2.18. The Morgan fingerprint density at radius 2 is 1.89 bits per heavy atom. The second kappa shape index (κ2) is 5.73. The van der Waals surface area contributed by atoms with Crippen LogP contribution in [0.1, 0.15) is 16.7 Å². The van der Waals surface area contributed by atoms with Crippen LogP contribution in [0, 0.1) is 13.8 Å². The molecule has 0 saturated carbocycles. The lowest BCUT2D eigenvalue weighted by molar-refractivity contribution is -0.119. The molecule has 1 rings (SSSR count). The van der Waals surface area contributed by atoms with E-state index in [9.17, 15) is 4.79 Å². The van der Waals surface area contributed by atoms with Crippen LogP contribution in [0.3, 0.4) is 0 Å². The topological polar surface area (TPSA) is 87.6 Å². The Bertz CT molecular complexity index is 458. The van der Waals surface area contributed by atoms with Gasteiger partial charge < -0.3 is 20.9 Å². The largest absolute Gasteiger partial charge is 0.496 e. The molecule has 0 saturated heterocycles. The van der Waals surface area contributed by atoms with Crippen molar-refractivity contribution in [2.45, 2.75) is 26.3 Å². The average molecular weight is 252 g/mol. The molecule has 100 valence electrons. The molecule has 0 bridgehead atoms. The van der Waals surface area contributed by atoms with Crippen molar-refractivity contribution >= 4 is 5.91 Å². The minimum Gasteiger partial charge on any atom is -0.496 e. The molecule has 0 radical (unpaired) electrons. The number of hydrogen-bond acceptors (Lipinski definition) is 4. The minimum absolute atomic E-state index is 0.329. The van der Waals surface area contributed by atoms with Crippen LogP contribution in [0.25, 0.3) is 0 Å². The van der Waals surface area contributed by atoms with Gasteiger partial charge in [0.2, 0.25) is 5.91 Å². The third kappa shape index (κ3) is 2.73. The number of amides is 1. The van der Waals surface area contributed by atoms with Gasteiger partial charge in [0, 0.05) is 12.0 Å². The maximum absolute atomic E-state index is 11.0. The van der Waals surface area contributed by atoms with Crippen molar-refractivity contribution in [3.8, 4) is 11.5 Å². The molecule has 1 amide bonds. The van der Waals surface area contributed by atoms with Crippen LogP contribution in [-0.2, 0) is 11.2 Å². The van der Waals surface area contributed by atoms with Gasteiger partial charge in [-0.2, -0.15) is 0 Å². The van der Waals surface area contributed by atoms with Gasteiger partial charge >= 0.3 is 0 Å². The van der Waals surface area contributed by atoms with Crippen LogP contribution >= 0.6 is 0 Å². The van der Waals surface area contributed by atoms with E-state index in [4.69, 9.17) is 20.9 Å². The second-order valence-electron chi connectivity index (χ2n) is 4.23. The predicted molar refractivity (Wildman–Crippen MR) is 69.9 cm³/mol. The van der Waals surface area contributed by atoms with Crippen molar-refractivity contribution in [3.05, 3.63) is 22.8 Å². The Kier molecular flexibility index (Phi) is 4.55. The Balaban J connectivity index is 3.25. The molecule has 18 heavy (non-hydrogen) atoms. The number of carbonyl (C=O) groups excluding carboxylic acids is 1. The Morgan fingerprint density at radius 3 is 2.33 bits per heavy atom. The molecule has 0 aliphatic rings. The van der Waals surface area contributed by atoms with E-state index in [2.05, 4.69) is 0 Å². The van der Waals surface area contributed by atoms with Gasteiger partial charge in [-0.25, -0.2) is 0 Å². The zero-order valence-electron chi connectivity index (χ0n) is 11.2. The van der Waals surface area contributed by atoms with Crippen molar-refractivity contribution in [1.29, 1.82) is 0 Å². The third-order valence-corrected chi connectivity index (χ3v) is 3.10. The number of benzene rings is 1. The molecule has 5 heteroatoms. The maximum Gasteiger partial charge on any atom is 0.234 e. The Hall–Kier alpha value is -1.75. The zero-order chi connectivity index (χ0) is 13.9. The number of ether oxygens (including phenoxy) is 2. The molecule has 1 unspecified atom stereocenters. The van der Waals surface area contributed by atoms with E-state index in [0.717, 1.165) is 28.2 Å². The number of nitrogens with two attached hydrogens (primary N) is 2. The fourth-order valence-corrected chi connectivity index (χ4v) is 1.91. The normalized spacial score (nSPS) is 12.1. The number of carbonyl (C=O) groups is 1. The summed E-state index contributed by atoms with van der Waals surface area (Å²) >= 11 is 0. The molecular weight excluding hydrogens is 232 g/mol. The SMILES string of the molecule is COc1cc(CC(N)C(N)=O)c(OC)c(C)c1C. The summed E-state index contributed by atoms with van der Waals surface area (Å²) in [5.41, 5.74) is 13.7. The highest BCUT2D eigenvalue weighted by atomic mass is 16.5. The van der Waals surface area contributed by atoms with Crippen LogP contribution in [0.2, 0.25) is 0 Å². The Labute approximate surface area is 107 Å². The molecule has 1 aromatic rings. The molecule has 1 atom stereocenters. The first kappa shape index (κ1) is 14.3. The Morgan fingerprint density at radius 1 is 1.28 bits per heavy atom. The molecular formula is C13H20N2O3. The standard InChI is InChI=1S/C13H20N2O3/c1-7-8(2)12(18-4)9(6-11(7)17-3)5-10(14)13(15)16/h6,10H,5,14H2,1-4H3,(H2,15,16). The first-order valence-corrected chi connectivity index (χ1v) is 5.68. The summed E-state index contributed by atoms with van der Waals surface area (Å²) in [6, 6.07) is 1.11. The van der Waals surface area contributed by atoms with Crippen LogP contribution in [0.15, 0.2) is 6.07 Å². The molecule has 4 N–H and O–H groups in total. The quantitative estimate of drug-likeness (QED) is 0.806. The molecule has 5 nitrogen and oxygen atoms in total. The van der Waals surface area contributed by atoms with Gasteiger partial charge in [0.15, 0.2) is 0 Å². The van der Waals surface area contributed by atoms with Crippen LogP contribution in [0.5, 0.6) is 11.5 Å². The van der Waals surface area contributed by atoms with E-state index in [1.807, 2.05) is 19.9 Å². The zero-order valence-corrected chi connectivity index (χ0v) is 11.2. The fourth-order valence-electron chi connectivity index (χ4n) is 1.91. The lowest BCUT2D eigenvalue weighted by Gasteiger charge is -2.18. The van der Waals surface area contributed by atoms with E-state index >= 15 is 0 Å². The smallest absolute Gasteiger partial charge is 0.234 e. The van der Waals surface area contributed by atoms with E-state index in [0.29, 0.717) is 6.42 Å². The number of primary amides is 1. The van der Waals surface area contributed by atoms with Crippen molar-refractivity contribution in [2.75, 3.05) is 14.2 Å². The van der Waals surface area contributed by atoms with Crippen LogP contribution in [-0.4, -0.2) is 26.2 Å². The summed E-state index contributed by atoms with van der Waals surface area (Å²) in [5.74, 6) is 0.944. The molecule has 0 spiro atoms. The number of methoxy groups -OCH3 is 2. The molecule has 0 aromatic heterocycles. The molecule has 0 fully saturated rings. The van der Waals surface area contributed by atoms with Gasteiger partial charge in [-0.1, -0.05) is 0 Å². The lowest BCUT2D eigenvalue weighted by atomic mass is 9.98. The fraction of sp³-hybridized carbons (Fsp3) is 0.462. The van der Waals surface area contributed by atoms with E-state index in [1.165, 1.54) is 0 Å². The van der Waals surface area contributed by atoms with E-state index in [-0.39, 0.29) is 0 Å². The van der Waals surface area contributed by atoms with Crippen LogP contribution < -0.4 is 20.9 Å².